The fraction of sp³-hybridized carbons (Fsp3) is 0.929. The van der Waals surface area contributed by atoms with Crippen LogP contribution in [0.3, 0.4) is 0 Å². The van der Waals surface area contributed by atoms with Crippen LogP contribution in [-0.2, 0) is 4.79 Å². The summed E-state index contributed by atoms with van der Waals surface area (Å²) >= 11 is 0. The highest BCUT2D eigenvalue weighted by Crippen LogP contribution is 2.37. The maximum absolute atomic E-state index is 12.6. The SMILES string of the molecule is CC1CC(C(=O)NC2CCC(C(F)(F)F)CC2)CCN1. The Morgan fingerprint density at radius 1 is 1.15 bits per heavy atom. The van der Waals surface area contributed by atoms with Crippen molar-refractivity contribution in [3.63, 3.8) is 0 Å². The molecule has 1 heterocycles. The molecular formula is C14H23F3N2O. The summed E-state index contributed by atoms with van der Waals surface area (Å²) < 4.78 is 37.7. The zero-order chi connectivity index (χ0) is 14.8. The van der Waals surface area contributed by atoms with Crippen molar-refractivity contribution in [3.8, 4) is 0 Å². The summed E-state index contributed by atoms with van der Waals surface area (Å²) in [6, 6.07) is 0.256. The molecule has 0 spiro atoms. The van der Waals surface area contributed by atoms with Crippen molar-refractivity contribution in [1.82, 2.24) is 10.6 Å². The Morgan fingerprint density at radius 2 is 1.80 bits per heavy atom. The van der Waals surface area contributed by atoms with Crippen molar-refractivity contribution in [2.24, 2.45) is 11.8 Å². The molecule has 20 heavy (non-hydrogen) atoms. The van der Waals surface area contributed by atoms with Crippen molar-refractivity contribution < 1.29 is 18.0 Å². The van der Waals surface area contributed by atoms with Gasteiger partial charge in [0.05, 0.1) is 5.92 Å². The van der Waals surface area contributed by atoms with Crippen LogP contribution < -0.4 is 10.6 Å². The van der Waals surface area contributed by atoms with Crippen LogP contribution in [0, 0.1) is 11.8 Å². The molecule has 2 unspecified atom stereocenters. The number of piperidine rings is 1. The topological polar surface area (TPSA) is 41.1 Å². The van der Waals surface area contributed by atoms with E-state index in [-0.39, 0.29) is 30.7 Å². The van der Waals surface area contributed by atoms with E-state index in [1.54, 1.807) is 0 Å². The van der Waals surface area contributed by atoms with Gasteiger partial charge in [0.15, 0.2) is 0 Å². The number of hydrogen-bond donors (Lipinski definition) is 2. The first kappa shape index (κ1) is 15.6. The lowest BCUT2D eigenvalue weighted by molar-refractivity contribution is -0.182. The molecule has 0 aromatic rings. The third kappa shape index (κ3) is 4.11. The van der Waals surface area contributed by atoms with Crippen molar-refractivity contribution in [2.75, 3.05) is 6.54 Å². The van der Waals surface area contributed by atoms with E-state index in [0.29, 0.717) is 18.9 Å². The normalized spacial score (nSPS) is 35.6. The molecule has 2 rings (SSSR count). The van der Waals surface area contributed by atoms with Gasteiger partial charge in [-0.25, -0.2) is 0 Å². The van der Waals surface area contributed by atoms with Gasteiger partial charge in [0.25, 0.3) is 0 Å². The molecule has 1 aliphatic heterocycles. The molecular weight excluding hydrogens is 269 g/mol. The summed E-state index contributed by atoms with van der Waals surface area (Å²) in [5.74, 6) is -1.16. The molecule has 3 nitrogen and oxygen atoms in total. The summed E-state index contributed by atoms with van der Waals surface area (Å²) in [5, 5.41) is 6.23. The zero-order valence-corrected chi connectivity index (χ0v) is 11.8. The van der Waals surface area contributed by atoms with Gasteiger partial charge in [-0.3, -0.25) is 4.79 Å². The third-order valence-electron chi connectivity index (χ3n) is 4.53. The van der Waals surface area contributed by atoms with E-state index in [4.69, 9.17) is 0 Å². The van der Waals surface area contributed by atoms with Crippen molar-refractivity contribution in [1.29, 1.82) is 0 Å². The molecule has 1 aliphatic carbocycles. The molecule has 0 aromatic heterocycles. The number of hydrogen-bond acceptors (Lipinski definition) is 2. The molecule has 6 heteroatoms. The highest BCUT2D eigenvalue weighted by molar-refractivity contribution is 5.79. The number of carbonyl (C=O) groups excluding carboxylic acids is 1. The second kappa shape index (κ2) is 6.33. The van der Waals surface area contributed by atoms with Crippen LogP contribution in [0.15, 0.2) is 0 Å². The quantitative estimate of drug-likeness (QED) is 0.821. The first-order chi connectivity index (χ1) is 9.36. The third-order valence-corrected chi connectivity index (χ3v) is 4.53. The summed E-state index contributed by atoms with van der Waals surface area (Å²) in [6.07, 6.45) is -1.31. The minimum Gasteiger partial charge on any atom is -0.353 e. The van der Waals surface area contributed by atoms with Crippen LogP contribution in [0.25, 0.3) is 0 Å². The van der Waals surface area contributed by atoms with Crippen LogP contribution in [0.4, 0.5) is 13.2 Å². The Balaban J connectivity index is 1.76. The predicted molar refractivity (Wildman–Crippen MR) is 70.1 cm³/mol. The minimum absolute atomic E-state index is 0.00610. The average molecular weight is 292 g/mol. The molecule has 0 radical (unpaired) electrons. The largest absolute Gasteiger partial charge is 0.391 e. The summed E-state index contributed by atoms with van der Waals surface area (Å²) in [4.78, 5) is 12.1. The highest BCUT2D eigenvalue weighted by Gasteiger charge is 2.41. The Hall–Kier alpha value is -0.780. The van der Waals surface area contributed by atoms with E-state index in [0.717, 1.165) is 19.4 Å². The Kier molecular flexibility index (Phi) is 4.94. The summed E-state index contributed by atoms with van der Waals surface area (Å²) in [5.41, 5.74) is 0. The summed E-state index contributed by atoms with van der Waals surface area (Å²) in [7, 11) is 0. The van der Waals surface area contributed by atoms with Gasteiger partial charge >= 0.3 is 6.18 Å². The Labute approximate surface area is 117 Å². The maximum atomic E-state index is 12.6. The molecule has 116 valence electrons. The molecule has 2 N–H and O–H groups in total. The van der Waals surface area contributed by atoms with Gasteiger partial charge in [0.1, 0.15) is 0 Å². The molecule has 1 amide bonds. The summed E-state index contributed by atoms with van der Waals surface area (Å²) in [6.45, 7) is 2.88. The van der Waals surface area contributed by atoms with E-state index < -0.39 is 12.1 Å². The van der Waals surface area contributed by atoms with Gasteiger partial charge in [-0.1, -0.05) is 0 Å². The average Bonchev–Trinajstić information content (AvgIpc) is 2.38. The van der Waals surface area contributed by atoms with Gasteiger partial charge in [0.2, 0.25) is 5.91 Å². The van der Waals surface area contributed by atoms with Crippen LogP contribution in [0.1, 0.15) is 45.4 Å². The van der Waals surface area contributed by atoms with Gasteiger partial charge in [-0.05, 0) is 52.0 Å². The van der Waals surface area contributed by atoms with E-state index in [2.05, 4.69) is 10.6 Å². The minimum atomic E-state index is -4.08. The van der Waals surface area contributed by atoms with Crippen molar-refractivity contribution >= 4 is 5.91 Å². The lowest BCUT2D eigenvalue weighted by Crippen LogP contribution is -2.46. The second-order valence-electron chi connectivity index (χ2n) is 6.18. The fourth-order valence-corrected chi connectivity index (χ4v) is 3.25. The number of nitrogens with one attached hydrogen (secondary N) is 2. The van der Waals surface area contributed by atoms with Gasteiger partial charge in [0, 0.05) is 18.0 Å². The van der Waals surface area contributed by atoms with Gasteiger partial charge in [-0.15, -0.1) is 0 Å². The maximum Gasteiger partial charge on any atom is 0.391 e. The molecule has 2 fully saturated rings. The van der Waals surface area contributed by atoms with E-state index in [1.807, 2.05) is 6.92 Å². The lowest BCUT2D eigenvalue weighted by Gasteiger charge is -2.32. The Morgan fingerprint density at radius 3 is 2.35 bits per heavy atom. The zero-order valence-electron chi connectivity index (χ0n) is 11.8. The second-order valence-corrected chi connectivity index (χ2v) is 6.18. The van der Waals surface area contributed by atoms with E-state index in [9.17, 15) is 18.0 Å². The molecule has 2 atom stereocenters. The number of amides is 1. The van der Waals surface area contributed by atoms with Crippen LogP contribution in [-0.4, -0.2) is 30.7 Å². The van der Waals surface area contributed by atoms with E-state index >= 15 is 0 Å². The number of halogens is 3. The smallest absolute Gasteiger partial charge is 0.353 e. The number of alkyl halides is 3. The first-order valence-corrected chi connectivity index (χ1v) is 7.46. The van der Waals surface area contributed by atoms with Crippen molar-refractivity contribution in [3.05, 3.63) is 0 Å². The first-order valence-electron chi connectivity index (χ1n) is 7.46. The monoisotopic (exact) mass is 292 g/mol. The molecule has 2 aliphatic rings. The standard InChI is InChI=1S/C14H23F3N2O/c1-9-8-10(6-7-18-9)13(20)19-12-4-2-11(3-5-12)14(15,16)17/h9-12,18H,2-8H2,1H3,(H,19,20). The molecule has 0 bridgehead atoms. The number of carbonyl (C=O) groups is 1. The van der Waals surface area contributed by atoms with Crippen LogP contribution in [0.2, 0.25) is 0 Å². The van der Waals surface area contributed by atoms with Crippen molar-refractivity contribution in [2.45, 2.75) is 63.7 Å². The molecule has 1 saturated heterocycles. The number of rotatable bonds is 2. The van der Waals surface area contributed by atoms with Gasteiger partial charge in [-0.2, -0.15) is 13.2 Å². The Bertz CT molecular complexity index is 338. The molecule has 0 aromatic carbocycles. The van der Waals surface area contributed by atoms with Crippen LogP contribution in [0.5, 0.6) is 0 Å². The predicted octanol–water partition coefficient (Wildman–Crippen LogP) is 2.61. The highest BCUT2D eigenvalue weighted by atomic mass is 19.4. The van der Waals surface area contributed by atoms with Crippen LogP contribution >= 0.6 is 0 Å². The fourth-order valence-electron chi connectivity index (χ4n) is 3.25. The lowest BCUT2D eigenvalue weighted by atomic mass is 9.85. The van der Waals surface area contributed by atoms with E-state index in [1.165, 1.54) is 0 Å². The van der Waals surface area contributed by atoms with Gasteiger partial charge < -0.3 is 10.6 Å². The molecule has 1 saturated carbocycles.